The Kier molecular flexibility index (Phi) is 7.19. The lowest BCUT2D eigenvalue weighted by Crippen LogP contribution is -2.44. The van der Waals surface area contributed by atoms with Crippen LogP contribution in [0.25, 0.3) is 11.1 Å². The van der Waals surface area contributed by atoms with Crippen molar-refractivity contribution >= 4 is 15.7 Å². The van der Waals surface area contributed by atoms with Crippen molar-refractivity contribution in [1.29, 1.82) is 0 Å². The molecule has 3 aromatic carbocycles. The summed E-state index contributed by atoms with van der Waals surface area (Å²) in [5, 5.41) is 5.39. The van der Waals surface area contributed by atoms with Crippen molar-refractivity contribution in [1.82, 2.24) is 0 Å². The second-order valence-electron chi connectivity index (χ2n) is 9.51. The third kappa shape index (κ3) is 6.08. The first-order valence-electron chi connectivity index (χ1n) is 11.6. The number of nitrogens with two attached hydrogens (primary N) is 1. The molecule has 1 aliphatic heterocycles. The number of sulfonamides is 1. The summed E-state index contributed by atoms with van der Waals surface area (Å²) in [6, 6.07) is 17.8. The first kappa shape index (κ1) is 26.2. The Labute approximate surface area is 209 Å². The molecule has 1 fully saturated rings. The smallest absolute Gasteiger partial charge is 0.371 e. The van der Waals surface area contributed by atoms with Gasteiger partial charge in [0.05, 0.1) is 22.7 Å². The summed E-state index contributed by atoms with van der Waals surface area (Å²) in [7, 11) is -3.85. The number of anilines is 1. The van der Waals surface area contributed by atoms with E-state index in [4.69, 9.17) is 9.88 Å². The second-order valence-corrected chi connectivity index (χ2v) is 11.0. The Morgan fingerprint density at radius 3 is 2.14 bits per heavy atom. The molecule has 4 rings (SSSR count). The molecule has 3 aromatic rings. The van der Waals surface area contributed by atoms with Crippen molar-refractivity contribution in [3.05, 3.63) is 83.4 Å². The van der Waals surface area contributed by atoms with Crippen molar-refractivity contribution < 1.29 is 26.3 Å². The summed E-state index contributed by atoms with van der Waals surface area (Å²) in [6.07, 6.45) is -2.85. The minimum absolute atomic E-state index is 0.0874. The first-order valence-corrected chi connectivity index (χ1v) is 13.2. The fraction of sp³-hybridized carbons (Fsp3) is 0.333. The van der Waals surface area contributed by atoms with E-state index in [1.165, 1.54) is 18.2 Å². The van der Waals surface area contributed by atoms with Gasteiger partial charge < -0.3 is 9.64 Å². The molecule has 0 unspecified atom stereocenters. The van der Waals surface area contributed by atoms with Gasteiger partial charge in [-0.3, -0.25) is 0 Å². The van der Waals surface area contributed by atoms with Crippen LogP contribution in [0.2, 0.25) is 0 Å². The van der Waals surface area contributed by atoms with E-state index in [1.54, 1.807) is 12.1 Å². The minimum atomic E-state index is -4.34. The van der Waals surface area contributed by atoms with Crippen molar-refractivity contribution in [2.75, 3.05) is 18.0 Å². The van der Waals surface area contributed by atoms with Crippen LogP contribution in [0.15, 0.2) is 71.6 Å². The molecule has 192 valence electrons. The summed E-state index contributed by atoms with van der Waals surface area (Å²) >= 11 is 0. The van der Waals surface area contributed by atoms with Gasteiger partial charge in [-0.05, 0) is 68.1 Å². The minimum Gasteiger partial charge on any atom is -0.371 e. The second kappa shape index (κ2) is 9.88. The molecule has 0 bridgehead atoms. The lowest BCUT2D eigenvalue weighted by Gasteiger charge is -2.40. The molecule has 2 N–H and O–H groups in total. The number of alkyl halides is 3. The molecule has 0 amide bonds. The van der Waals surface area contributed by atoms with Crippen LogP contribution in [0.1, 0.15) is 36.5 Å². The maximum Gasteiger partial charge on any atom is 0.416 e. The molecule has 0 aromatic heterocycles. The molecular weight excluding hydrogens is 489 g/mol. The van der Waals surface area contributed by atoms with E-state index in [1.807, 2.05) is 31.2 Å². The zero-order valence-corrected chi connectivity index (χ0v) is 21.0. The van der Waals surface area contributed by atoms with E-state index in [0.717, 1.165) is 47.4 Å². The van der Waals surface area contributed by atoms with E-state index in [2.05, 4.69) is 11.8 Å². The Balaban J connectivity index is 1.37. The lowest BCUT2D eigenvalue weighted by atomic mass is 9.92. The van der Waals surface area contributed by atoms with Crippen molar-refractivity contribution in [3.63, 3.8) is 0 Å². The predicted molar refractivity (Wildman–Crippen MR) is 134 cm³/mol. The highest BCUT2D eigenvalue weighted by Crippen LogP contribution is 2.34. The van der Waals surface area contributed by atoms with E-state index in [-0.39, 0.29) is 10.5 Å². The summed E-state index contributed by atoms with van der Waals surface area (Å²) in [5.41, 5.74) is 2.98. The van der Waals surface area contributed by atoms with E-state index < -0.39 is 21.8 Å². The van der Waals surface area contributed by atoms with Crippen molar-refractivity contribution in [2.45, 2.75) is 50.0 Å². The number of hydrogen-bond donors (Lipinski definition) is 1. The summed E-state index contributed by atoms with van der Waals surface area (Å²) in [4.78, 5) is 2.16. The Hall–Kier alpha value is -2.88. The quantitative estimate of drug-likeness (QED) is 0.441. The van der Waals surface area contributed by atoms with Gasteiger partial charge in [-0.1, -0.05) is 42.0 Å². The highest BCUT2D eigenvalue weighted by atomic mass is 32.2. The summed E-state index contributed by atoms with van der Waals surface area (Å²) in [6.45, 7) is 5.71. The molecule has 0 atom stereocenters. The SMILES string of the molecule is Cc1ccc(S(N)(=O)=O)c(-c2ccc(COC3(C)CCN(c4ccc(C(F)(F)F)cc4)CC3)cc2)c1. The van der Waals surface area contributed by atoms with Gasteiger partial charge in [0.2, 0.25) is 10.0 Å². The Morgan fingerprint density at radius 2 is 1.58 bits per heavy atom. The molecule has 5 nitrogen and oxygen atoms in total. The van der Waals surface area contributed by atoms with Crippen molar-refractivity contribution in [3.8, 4) is 11.1 Å². The van der Waals surface area contributed by atoms with Crippen LogP contribution in [-0.4, -0.2) is 27.1 Å². The monoisotopic (exact) mass is 518 g/mol. The molecule has 1 aliphatic rings. The van der Waals surface area contributed by atoms with Crippen LogP contribution < -0.4 is 10.0 Å². The van der Waals surface area contributed by atoms with Crippen LogP contribution in [0.4, 0.5) is 18.9 Å². The third-order valence-corrected chi connectivity index (χ3v) is 7.64. The maximum atomic E-state index is 12.8. The molecule has 0 aliphatic carbocycles. The fourth-order valence-electron chi connectivity index (χ4n) is 4.40. The number of benzene rings is 3. The van der Waals surface area contributed by atoms with Gasteiger partial charge in [-0.2, -0.15) is 13.2 Å². The number of nitrogens with zero attached hydrogens (tertiary/aromatic N) is 1. The standard InChI is InChI=1S/C27H29F3N2O3S/c1-19-3-12-25(36(31,33)34)24(17-19)21-6-4-20(5-7-21)18-35-26(2)13-15-32(16-14-26)23-10-8-22(9-11-23)27(28,29)30/h3-12,17H,13-16,18H2,1-2H3,(H2,31,33,34). The number of halogens is 3. The fourth-order valence-corrected chi connectivity index (χ4v) is 5.14. The molecule has 0 radical (unpaired) electrons. The number of primary sulfonamides is 1. The number of ether oxygens (including phenoxy) is 1. The molecule has 36 heavy (non-hydrogen) atoms. The Bertz CT molecular complexity index is 1310. The molecule has 0 spiro atoms. The largest absolute Gasteiger partial charge is 0.416 e. The maximum absolute atomic E-state index is 12.8. The van der Waals surface area contributed by atoms with Gasteiger partial charge >= 0.3 is 6.18 Å². The molecule has 1 saturated heterocycles. The van der Waals surface area contributed by atoms with Crippen LogP contribution in [0.3, 0.4) is 0 Å². The molecule has 9 heteroatoms. The normalized spacial score (nSPS) is 16.2. The van der Waals surface area contributed by atoms with Gasteiger partial charge in [0.15, 0.2) is 0 Å². The van der Waals surface area contributed by atoms with Crippen LogP contribution in [0.5, 0.6) is 0 Å². The summed E-state index contributed by atoms with van der Waals surface area (Å²) in [5.74, 6) is 0. The number of hydrogen-bond acceptors (Lipinski definition) is 4. The van der Waals surface area contributed by atoms with E-state index >= 15 is 0 Å². The molecule has 0 saturated carbocycles. The van der Waals surface area contributed by atoms with E-state index in [9.17, 15) is 21.6 Å². The van der Waals surface area contributed by atoms with Gasteiger partial charge in [-0.25, -0.2) is 13.6 Å². The summed E-state index contributed by atoms with van der Waals surface area (Å²) < 4.78 is 68.7. The average Bonchev–Trinajstić information content (AvgIpc) is 2.82. The van der Waals surface area contributed by atoms with Gasteiger partial charge in [0.1, 0.15) is 0 Å². The van der Waals surface area contributed by atoms with Gasteiger partial charge in [0.25, 0.3) is 0 Å². The van der Waals surface area contributed by atoms with Gasteiger partial charge in [0, 0.05) is 24.3 Å². The van der Waals surface area contributed by atoms with Crippen LogP contribution in [-0.2, 0) is 27.5 Å². The zero-order valence-electron chi connectivity index (χ0n) is 20.2. The molecular formula is C27H29F3N2O3S. The molecule has 1 heterocycles. The third-order valence-electron chi connectivity index (χ3n) is 6.67. The van der Waals surface area contributed by atoms with Crippen molar-refractivity contribution in [2.24, 2.45) is 5.14 Å². The predicted octanol–water partition coefficient (Wildman–Crippen LogP) is 5.90. The van der Waals surface area contributed by atoms with Gasteiger partial charge in [-0.15, -0.1) is 0 Å². The Morgan fingerprint density at radius 1 is 0.972 bits per heavy atom. The van der Waals surface area contributed by atoms with Crippen LogP contribution >= 0.6 is 0 Å². The topological polar surface area (TPSA) is 72.6 Å². The van der Waals surface area contributed by atoms with Crippen LogP contribution in [0, 0.1) is 6.92 Å². The number of rotatable bonds is 6. The number of piperidine rings is 1. The average molecular weight is 519 g/mol. The highest BCUT2D eigenvalue weighted by molar-refractivity contribution is 7.89. The zero-order chi connectivity index (χ0) is 26.1. The first-order chi connectivity index (χ1) is 16.8. The number of aryl methyl sites for hydroxylation is 1. The van der Waals surface area contributed by atoms with E-state index in [0.29, 0.717) is 25.3 Å². The lowest BCUT2D eigenvalue weighted by molar-refractivity contribution is -0.137. The highest BCUT2D eigenvalue weighted by Gasteiger charge is 2.33.